The third-order valence-corrected chi connectivity index (χ3v) is 11.4. The third-order valence-electron chi connectivity index (χ3n) is 7.13. The molecule has 2 heteroatoms. The first kappa shape index (κ1) is 33.7. The van der Waals surface area contributed by atoms with Crippen molar-refractivity contribution in [3.8, 4) is 0 Å². The first-order valence-electron chi connectivity index (χ1n) is 14.3. The Labute approximate surface area is 220 Å². The maximum absolute atomic E-state index is 2.36. The topological polar surface area (TPSA) is 0 Å². The molecular weight excluding hydrogens is 386 g/mol. The zero-order valence-electron chi connectivity index (χ0n) is 22.4. The van der Waals surface area contributed by atoms with Gasteiger partial charge in [0.05, 0.1) is 0 Å². The van der Waals surface area contributed by atoms with Gasteiger partial charge in [-0.05, 0) is 0 Å². The molecule has 0 heterocycles. The van der Waals surface area contributed by atoms with Crippen LogP contribution >= 0.6 is 0 Å². The summed E-state index contributed by atoms with van der Waals surface area (Å²) in [5, 5.41) is 3.34. The molecule has 0 saturated heterocycles. The molecule has 1 atom stereocenters. The zero-order chi connectivity index (χ0) is 21.4. The molecule has 0 aliphatic heterocycles. The van der Waals surface area contributed by atoms with Gasteiger partial charge in [0.15, 0.2) is 0 Å². The van der Waals surface area contributed by atoms with Crippen molar-refractivity contribution in [2.75, 3.05) is 0 Å². The minimum absolute atomic E-state index is 0. The first-order valence-corrected chi connectivity index (χ1v) is 16.6. The third kappa shape index (κ3) is 22.7. The fourth-order valence-electron chi connectivity index (χ4n) is 5.10. The Morgan fingerprint density at radius 1 is 0.400 bits per heavy atom. The van der Waals surface area contributed by atoms with E-state index >= 15 is 0 Å². The molecule has 0 spiro atoms. The molecular formula is C28H59AlNa. The molecule has 0 aliphatic rings. The summed E-state index contributed by atoms with van der Waals surface area (Å²) in [5.74, 6) is 0. The fraction of sp³-hybridized carbons (Fsp3) is 1.00. The Bertz CT molecular complexity index is 294. The van der Waals surface area contributed by atoms with Crippen molar-refractivity contribution < 1.29 is 0 Å². The number of unbranched alkanes of at least 4 members (excludes halogenated alkanes) is 15. The molecule has 0 rings (SSSR count). The molecule has 30 heavy (non-hydrogen) atoms. The summed E-state index contributed by atoms with van der Waals surface area (Å²) in [5.41, 5.74) is 0. The largest absolute Gasteiger partial charge is 0.265 e. The summed E-state index contributed by atoms with van der Waals surface area (Å²) < 4.78 is 1.17. The van der Waals surface area contributed by atoms with Crippen LogP contribution in [0.2, 0.25) is 15.3 Å². The maximum Gasteiger partial charge on any atom is 0.265 e. The van der Waals surface area contributed by atoms with Gasteiger partial charge in [0.25, 0.3) is 14.1 Å². The molecule has 0 aromatic heterocycles. The normalized spacial score (nSPS) is 12.0. The van der Waals surface area contributed by atoms with Gasteiger partial charge in [0, 0.05) is 29.6 Å². The van der Waals surface area contributed by atoms with Gasteiger partial charge < -0.3 is 0 Å². The molecule has 0 bridgehead atoms. The van der Waals surface area contributed by atoms with E-state index in [9.17, 15) is 0 Å². The SMILES string of the molecule is CCCCCCC[CH2][Al]([CH2]CCCCC)[CH](CCCCCC)CCCCCCC.[Na]. The fourth-order valence-corrected chi connectivity index (χ4v) is 9.37. The second-order valence-corrected chi connectivity index (χ2v) is 13.6. The minimum Gasteiger partial charge on any atom is -0.0937 e. The van der Waals surface area contributed by atoms with Crippen LogP contribution in [0.1, 0.15) is 163 Å². The van der Waals surface area contributed by atoms with Crippen LogP contribution in [0.15, 0.2) is 0 Å². The van der Waals surface area contributed by atoms with Crippen LogP contribution in [0.5, 0.6) is 0 Å². The van der Waals surface area contributed by atoms with Crippen molar-refractivity contribution in [1.82, 2.24) is 0 Å². The van der Waals surface area contributed by atoms with Crippen molar-refractivity contribution in [2.45, 2.75) is 178 Å². The average molecular weight is 446 g/mol. The van der Waals surface area contributed by atoms with Crippen molar-refractivity contribution in [3.63, 3.8) is 0 Å². The predicted octanol–water partition coefficient (Wildman–Crippen LogP) is 10.7. The quantitative estimate of drug-likeness (QED) is 0.102. The average Bonchev–Trinajstić information content (AvgIpc) is 2.73. The summed E-state index contributed by atoms with van der Waals surface area (Å²) in [4.78, 5) is 0. The van der Waals surface area contributed by atoms with Gasteiger partial charge in [-0.3, -0.25) is 0 Å². The van der Waals surface area contributed by atoms with Gasteiger partial charge in [-0.25, -0.2) is 0 Å². The van der Waals surface area contributed by atoms with Crippen LogP contribution in [0.4, 0.5) is 0 Å². The van der Waals surface area contributed by atoms with Gasteiger partial charge in [-0.15, -0.1) is 0 Å². The van der Waals surface area contributed by atoms with Gasteiger partial charge in [0.1, 0.15) is 0 Å². The summed E-state index contributed by atoms with van der Waals surface area (Å²) >= 11 is -0.561. The van der Waals surface area contributed by atoms with Crippen LogP contribution in [-0.4, -0.2) is 43.7 Å². The van der Waals surface area contributed by atoms with E-state index in [1.807, 2.05) is 0 Å². The molecule has 0 nitrogen and oxygen atoms in total. The summed E-state index contributed by atoms with van der Waals surface area (Å²) in [6.45, 7) is 9.40. The van der Waals surface area contributed by atoms with E-state index < -0.39 is 14.1 Å². The summed E-state index contributed by atoms with van der Waals surface area (Å²) in [7, 11) is 0. The molecule has 1 radical (unpaired) electrons. The Morgan fingerprint density at radius 3 is 1.13 bits per heavy atom. The van der Waals surface area contributed by atoms with Crippen LogP contribution in [0, 0.1) is 0 Å². The van der Waals surface area contributed by atoms with Crippen molar-refractivity contribution >= 4 is 43.7 Å². The first-order chi connectivity index (χ1) is 14.3. The van der Waals surface area contributed by atoms with Gasteiger partial charge in [-0.2, -0.15) is 0 Å². The molecule has 0 saturated carbocycles. The van der Waals surface area contributed by atoms with Crippen LogP contribution in [0.25, 0.3) is 0 Å². The number of hydrogen-bond donors (Lipinski definition) is 0. The molecule has 0 aromatic carbocycles. The van der Waals surface area contributed by atoms with Gasteiger partial charge in [-0.1, -0.05) is 178 Å². The van der Waals surface area contributed by atoms with Gasteiger partial charge in [0.2, 0.25) is 0 Å². The number of hydrogen-bond acceptors (Lipinski definition) is 0. The van der Waals surface area contributed by atoms with Crippen LogP contribution in [0.3, 0.4) is 0 Å². The molecule has 0 aliphatic carbocycles. The van der Waals surface area contributed by atoms with Crippen molar-refractivity contribution in [1.29, 1.82) is 0 Å². The smallest absolute Gasteiger partial charge is 0.0937 e. The van der Waals surface area contributed by atoms with E-state index in [1.54, 1.807) is 36.2 Å². The van der Waals surface area contributed by atoms with Crippen LogP contribution in [-0.2, 0) is 0 Å². The second kappa shape index (κ2) is 28.6. The zero-order valence-corrected chi connectivity index (χ0v) is 25.6. The van der Waals surface area contributed by atoms with E-state index in [4.69, 9.17) is 0 Å². The van der Waals surface area contributed by atoms with E-state index in [0.717, 1.165) is 0 Å². The molecule has 0 N–H and O–H groups in total. The molecule has 0 amide bonds. The van der Waals surface area contributed by atoms with Crippen molar-refractivity contribution in [3.05, 3.63) is 0 Å². The molecule has 0 fully saturated rings. The standard InChI is InChI=1S/C14H29.C8H17.C6H13.Al.Na/c1-3-5-7-9-11-13-14-12-10-8-6-4-2;1-3-5-7-8-6-4-2;1-3-5-6-4-2;;/h13H,3-12,14H2,1-2H3;1,3-8H2,2H3;1,3-6H2,2H3;;. The Hall–Kier alpha value is 1.53. The number of rotatable bonds is 24. The molecule has 1 unspecified atom stereocenters. The maximum atomic E-state index is 2.36. The Balaban J connectivity index is 0. The predicted molar refractivity (Wildman–Crippen MR) is 145 cm³/mol. The van der Waals surface area contributed by atoms with E-state index in [-0.39, 0.29) is 29.6 Å². The van der Waals surface area contributed by atoms with E-state index in [1.165, 1.54) is 114 Å². The summed E-state index contributed by atoms with van der Waals surface area (Å²) in [6, 6.07) is 0. The van der Waals surface area contributed by atoms with Crippen LogP contribution < -0.4 is 0 Å². The Kier molecular flexibility index (Phi) is 32.1. The second-order valence-electron chi connectivity index (χ2n) is 9.98. The summed E-state index contributed by atoms with van der Waals surface area (Å²) in [6.07, 6.45) is 31.3. The van der Waals surface area contributed by atoms with E-state index in [0.29, 0.717) is 0 Å². The Morgan fingerprint density at radius 2 is 0.700 bits per heavy atom. The van der Waals surface area contributed by atoms with Gasteiger partial charge >= 0.3 is 0 Å². The molecule has 0 aromatic rings. The van der Waals surface area contributed by atoms with Crippen molar-refractivity contribution in [2.24, 2.45) is 0 Å². The minimum atomic E-state index is -0.561. The van der Waals surface area contributed by atoms with E-state index in [2.05, 4.69) is 27.7 Å². The monoisotopic (exact) mass is 445 g/mol. The molecule has 175 valence electrons.